The summed E-state index contributed by atoms with van der Waals surface area (Å²) >= 11 is 1.34. The van der Waals surface area contributed by atoms with E-state index in [0.29, 0.717) is 11.4 Å². The lowest BCUT2D eigenvalue weighted by atomic mass is 10.2. The zero-order valence-corrected chi connectivity index (χ0v) is 14.2. The molecule has 1 aromatic heterocycles. The van der Waals surface area contributed by atoms with Crippen LogP contribution in [0.15, 0.2) is 41.4 Å². The van der Waals surface area contributed by atoms with Gasteiger partial charge in [-0.05, 0) is 26.0 Å². The van der Waals surface area contributed by atoms with Gasteiger partial charge >= 0.3 is 0 Å². The molecule has 2 amide bonds. The van der Waals surface area contributed by atoms with Gasteiger partial charge in [-0.2, -0.15) is 5.10 Å². The van der Waals surface area contributed by atoms with E-state index in [1.165, 1.54) is 11.8 Å². The smallest absolute Gasteiger partial charge is 0.257 e. The van der Waals surface area contributed by atoms with E-state index < -0.39 is 0 Å². The predicted octanol–water partition coefficient (Wildman–Crippen LogP) is 2.29. The lowest BCUT2D eigenvalue weighted by molar-refractivity contribution is -0.119. The summed E-state index contributed by atoms with van der Waals surface area (Å²) in [7, 11) is 1.78. The zero-order chi connectivity index (χ0) is 16.8. The van der Waals surface area contributed by atoms with Gasteiger partial charge in [0.2, 0.25) is 5.91 Å². The van der Waals surface area contributed by atoms with Crippen molar-refractivity contribution in [1.82, 2.24) is 15.1 Å². The second-order valence-electron chi connectivity index (χ2n) is 5.34. The fraction of sp³-hybridized carbons (Fsp3) is 0.312. The van der Waals surface area contributed by atoms with Gasteiger partial charge in [-0.15, -0.1) is 11.8 Å². The Labute approximate surface area is 139 Å². The minimum atomic E-state index is -0.240. The fourth-order valence-electron chi connectivity index (χ4n) is 1.95. The molecule has 0 radical (unpaired) electrons. The maximum atomic E-state index is 12.4. The normalized spacial score (nSPS) is 10.6. The molecule has 0 saturated carbocycles. The Kier molecular flexibility index (Phi) is 5.81. The van der Waals surface area contributed by atoms with Crippen molar-refractivity contribution in [2.24, 2.45) is 7.05 Å². The van der Waals surface area contributed by atoms with E-state index in [1.807, 2.05) is 26.0 Å². The van der Waals surface area contributed by atoms with Crippen LogP contribution in [0.25, 0.3) is 0 Å². The van der Waals surface area contributed by atoms with Crippen LogP contribution in [0, 0.1) is 0 Å². The third-order valence-electron chi connectivity index (χ3n) is 2.90. The van der Waals surface area contributed by atoms with Gasteiger partial charge in [0.1, 0.15) is 0 Å². The van der Waals surface area contributed by atoms with Gasteiger partial charge < -0.3 is 10.6 Å². The molecule has 1 heterocycles. The largest absolute Gasteiger partial charge is 0.353 e. The number of anilines is 1. The first kappa shape index (κ1) is 17.1. The molecule has 0 atom stereocenters. The predicted molar refractivity (Wildman–Crippen MR) is 91.6 cm³/mol. The molecule has 0 aliphatic carbocycles. The highest BCUT2D eigenvalue weighted by molar-refractivity contribution is 8.00. The first-order chi connectivity index (χ1) is 11.0. The summed E-state index contributed by atoms with van der Waals surface area (Å²) in [4.78, 5) is 24.9. The minimum absolute atomic E-state index is 0.0510. The topological polar surface area (TPSA) is 76.0 Å². The maximum absolute atomic E-state index is 12.4. The molecule has 0 unspecified atom stereocenters. The summed E-state index contributed by atoms with van der Waals surface area (Å²) in [6.45, 7) is 3.83. The lowest BCUT2D eigenvalue weighted by Crippen LogP contribution is -2.31. The van der Waals surface area contributed by atoms with Crippen LogP contribution >= 0.6 is 11.8 Å². The Balaban J connectivity index is 2.04. The number of nitrogens with zero attached hydrogens (tertiary/aromatic N) is 2. The van der Waals surface area contributed by atoms with Crippen LogP contribution in [0.3, 0.4) is 0 Å². The molecule has 2 aromatic rings. The molecule has 1 aromatic carbocycles. The molecule has 0 aliphatic heterocycles. The molecule has 2 N–H and O–H groups in total. The van der Waals surface area contributed by atoms with E-state index >= 15 is 0 Å². The molecule has 7 heteroatoms. The van der Waals surface area contributed by atoms with Crippen LogP contribution < -0.4 is 10.6 Å². The SMILES string of the molecule is CC(C)NC(=O)CSc1ccccc1C(=O)Nc1ccn(C)n1. The van der Waals surface area contributed by atoms with Crippen LogP contribution in [0.2, 0.25) is 0 Å². The Hall–Kier alpha value is -2.28. The van der Waals surface area contributed by atoms with Crippen molar-refractivity contribution in [2.45, 2.75) is 24.8 Å². The number of aryl methyl sites for hydroxylation is 1. The first-order valence-corrected chi connectivity index (χ1v) is 8.26. The first-order valence-electron chi connectivity index (χ1n) is 7.28. The molecule has 0 fully saturated rings. The average Bonchev–Trinajstić information content (AvgIpc) is 2.90. The highest BCUT2D eigenvalue weighted by atomic mass is 32.2. The van der Waals surface area contributed by atoms with Crippen molar-refractivity contribution < 1.29 is 9.59 Å². The molecule has 23 heavy (non-hydrogen) atoms. The van der Waals surface area contributed by atoms with Crippen molar-refractivity contribution in [3.8, 4) is 0 Å². The number of hydrogen-bond donors (Lipinski definition) is 2. The van der Waals surface area contributed by atoms with E-state index in [0.717, 1.165) is 4.90 Å². The molecule has 0 spiro atoms. The van der Waals surface area contributed by atoms with Crippen LogP contribution in [-0.4, -0.2) is 33.4 Å². The quantitative estimate of drug-likeness (QED) is 0.796. The number of nitrogens with one attached hydrogen (secondary N) is 2. The third-order valence-corrected chi connectivity index (χ3v) is 3.97. The average molecular weight is 332 g/mol. The van der Waals surface area contributed by atoms with E-state index in [-0.39, 0.29) is 23.6 Å². The molecule has 2 rings (SSSR count). The number of carbonyl (C=O) groups excluding carboxylic acids is 2. The summed E-state index contributed by atoms with van der Waals surface area (Å²) in [6, 6.07) is 9.04. The van der Waals surface area contributed by atoms with Crippen molar-refractivity contribution >= 4 is 29.4 Å². The number of aromatic nitrogens is 2. The summed E-state index contributed by atoms with van der Waals surface area (Å²) in [5.41, 5.74) is 0.528. The van der Waals surface area contributed by atoms with E-state index in [2.05, 4.69) is 15.7 Å². The summed E-state index contributed by atoms with van der Waals surface area (Å²) < 4.78 is 1.62. The number of hydrogen-bond acceptors (Lipinski definition) is 4. The summed E-state index contributed by atoms with van der Waals surface area (Å²) in [6.07, 6.45) is 1.76. The number of amides is 2. The van der Waals surface area contributed by atoms with Gasteiger partial charge in [-0.25, -0.2) is 0 Å². The van der Waals surface area contributed by atoms with Gasteiger partial charge in [0.15, 0.2) is 5.82 Å². The standard InChI is InChI=1S/C16H20N4O2S/c1-11(2)17-15(21)10-23-13-7-5-4-6-12(13)16(22)18-14-8-9-20(3)19-14/h4-9,11H,10H2,1-3H3,(H,17,21)(H,18,19,22). The highest BCUT2D eigenvalue weighted by Gasteiger charge is 2.14. The molecule has 0 aliphatic rings. The second kappa shape index (κ2) is 7.82. The molecule has 0 bridgehead atoms. The molecule has 6 nitrogen and oxygen atoms in total. The van der Waals surface area contributed by atoms with Crippen molar-refractivity contribution in [1.29, 1.82) is 0 Å². The number of benzene rings is 1. The van der Waals surface area contributed by atoms with Gasteiger partial charge in [-0.1, -0.05) is 12.1 Å². The number of rotatable bonds is 6. The van der Waals surface area contributed by atoms with Crippen molar-refractivity contribution in [3.05, 3.63) is 42.1 Å². The van der Waals surface area contributed by atoms with E-state index in [4.69, 9.17) is 0 Å². The molecular weight excluding hydrogens is 312 g/mol. The third kappa shape index (κ3) is 5.14. The van der Waals surface area contributed by atoms with Gasteiger partial charge in [0.05, 0.1) is 11.3 Å². The monoisotopic (exact) mass is 332 g/mol. The number of carbonyl (C=O) groups is 2. The van der Waals surface area contributed by atoms with E-state index in [1.54, 1.807) is 36.1 Å². The lowest BCUT2D eigenvalue weighted by Gasteiger charge is -2.10. The Morgan fingerprint density at radius 2 is 2.00 bits per heavy atom. The summed E-state index contributed by atoms with van der Waals surface area (Å²) in [5.74, 6) is 0.474. The van der Waals surface area contributed by atoms with Gasteiger partial charge in [0, 0.05) is 30.2 Å². The minimum Gasteiger partial charge on any atom is -0.353 e. The summed E-state index contributed by atoms with van der Waals surface area (Å²) in [5, 5.41) is 9.71. The van der Waals surface area contributed by atoms with Crippen LogP contribution in [0.4, 0.5) is 5.82 Å². The van der Waals surface area contributed by atoms with Crippen molar-refractivity contribution in [2.75, 3.05) is 11.1 Å². The number of thioether (sulfide) groups is 1. The van der Waals surface area contributed by atoms with Crippen LogP contribution in [0.1, 0.15) is 24.2 Å². The Bertz CT molecular complexity index is 697. The highest BCUT2D eigenvalue weighted by Crippen LogP contribution is 2.23. The molecule has 0 saturated heterocycles. The molecular formula is C16H20N4O2S. The van der Waals surface area contributed by atoms with Crippen molar-refractivity contribution in [3.63, 3.8) is 0 Å². The fourth-order valence-corrected chi connectivity index (χ4v) is 2.81. The van der Waals surface area contributed by atoms with Gasteiger partial charge in [0.25, 0.3) is 5.91 Å². The Morgan fingerprint density at radius 3 is 2.65 bits per heavy atom. The van der Waals surface area contributed by atoms with Crippen LogP contribution in [-0.2, 0) is 11.8 Å². The Morgan fingerprint density at radius 1 is 1.26 bits per heavy atom. The maximum Gasteiger partial charge on any atom is 0.257 e. The molecule has 122 valence electrons. The second-order valence-corrected chi connectivity index (χ2v) is 6.35. The zero-order valence-electron chi connectivity index (χ0n) is 13.4. The van der Waals surface area contributed by atoms with E-state index in [9.17, 15) is 9.59 Å². The van der Waals surface area contributed by atoms with Gasteiger partial charge in [-0.3, -0.25) is 14.3 Å². The van der Waals surface area contributed by atoms with Crippen LogP contribution in [0.5, 0.6) is 0 Å².